The minimum atomic E-state index is -0.514. The van der Waals surface area contributed by atoms with Gasteiger partial charge in [-0.2, -0.15) is 0 Å². The Morgan fingerprint density at radius 1 is 0.667 bits per heavy atom. The van der Waals surface area contributed by atoms with E-state index in [1.165, 1.54) is 14.7 Å². The maximum atomic E-state index is 12.1. The molecule has 114 valence electrons. The number of hydrogen-bond acceptors (Lipinski definition) is 3. The molecule has 1 rings (SSSR count). The summed E-state index contributed by atoms with van der Waals surface area (Å²) in [6.07, 6.45) is 1.95. The molecule has 0 aromatic heterocycles. The molecule has 1 aliphatic heterocycles. The molecule has 1 heterocycles. The highest BCUT2D eigenvalue weighted by molar-refractivity contribution is 5.93. The van der Waals surface area contributed by atoms with Crippen LogP contribution in [0.3, 0.4) is 0 Å². The van der Waals surface area contributed by atoms with Gasteiger partial charge in [0, 0.05) is 0 Å². The van der Waals surface area contributed by atoms with Gasteiger partial charge >= 0.3 is 0 Å². The van der Waals surface area contributed by atoms with Crippen molar-refractivity contribution in [3.8, 4) is 0 Å². The molecule has 3 amide bonds. The summed E-state index contributed by atoms with van der Waals surface area (Å²) in [4.78, 5) is 40.5. The number of rotatable bonds is 3. The average Bonchev–Trinajstić information content (AvgIpc) is 2.46. The normalized spacial score (nSPS) is 25.3. The number of amides is 3. The Labute approximate surface area is 125 Å². The van der Waals surface area contributed by atoms with Gasteiger partial charge in [0.2, 0.25) is 17.7 Å². The van der Waals surface area contributed by atoms with E-state index in [1.807, 2.05) is 0 Å². The lowest BCUT2D eigenvalue weighted by Crippen LogP contribution is -2.71. The molecule has 1 aliphatic rings. The first kappa shape index (κ1) is 16.7. The Balaban J connectivity index is 3.35. The van der Waals surface area contributed by atoms with E-state index in [-0.39, 0.29) is 17.7 Å². The van der Waals surface area contributed by atoms with Gasteiger partial charge in [0.05, 0.1) is 0 Å². The molecule has 6 nitrogen and oxygen atoms in total. The van der Waals surface area contributed by atoms with Crippen molar-refractivity contribution in [2.24, 2.45) is 0 Å². The molecule has 0 unspecified atom stereocenters. The fourth-order valence-corrected chi connectivity index (χ4v) is 2.76. The molecule has 0 saturated carbocycles. The summed E-state index contributed by atoms with van der Waals surface area (Å²) >= 11 is 0. The van der Waals surface area contributed by atoms with Crippen LogP contribution in [0.1, 0.15) is 20.8 Å². The second-order valence-electron chi connectivity index (χ2n) is 4.74. The molecule has 0 N–H and O–H groups in total. The standard InChI is InChI=1S/C15H21N3O3/c1-7-13(19)16-10(4)17(14(20)8-2)12(6)18(11(16)5)15(21)9-3/h7-12H,1-3H2,4-6H3. The fraction of sp³-hybridized carbons (Fsp3) is 0.400. The molecule has 0 aromatic rings. The third-order valence-electron chi connectivity index (χ3n) is 3.70. The second kappa shape index (κ2) is 6.39. The van der Waals surface area contributed by atoms with Crippen molar-refractivity contribution in [3.63, 3.8) is 0 Å². The minimum absolute atomic E-state index is 0.356. The summed E-state index contributed by atoms with van der Waals surface area (Å²) in [5, 5.41) is 0. The van der Waals surface area contributed by atoms with Gasteiger partial charge < -0.3 is 0 Å². The van der Waals surface area contributed by atoms with Gasteiger partial charge in [0.15, 0.2) is 0 Å². The van der Waals surface area contributed by atoms with Crippen molar-refractivity contribution in [2.45, 2.75) is 39.3 Å². The number of carbonyl (C=O) groups is 3. The largest absolute Gasteiger partial charge is 0.298 e. The Morgan fingerprint density at radius 2 is 0.857 bits per heavy atom. The van der Waals surface area contributed by atoms with Crippen LogP contribution in [0.5, 0.6) is 0 Å². The van der Waals surface area contributed by atoms with Crippen LogP contribution in [-0.2, 0) is 14.4 Å². The maximum absolute atomic E-state index is 12.1. The molecular formula is C15H21N3O3. The van der Waals surface area contributed by atoms with Gasteiger partial charge in [0.1, 0.15) is 18.5 Å². The molecule has 0 spiro atoms. The zero-order valence-corrected chi connectivity index (χ0v) is 12.7. The van der Waals surface area contributed by atoms with E-state index in [1.54, 1.807) is 20.8 Å². The van der Waals surface area contributed by atoms with Gasteiger partial charge in [-0.1, -0.05) is 19.7 Å². The molecule has 0 aromatic carbocycles. The van der Waals surface area contributed by atoms with E-state index < -0.39 is 18.5 Å². The lowest BCUT2D eigenvalue weighted by Gasteiger charge is -2.54. The minimum Gasteiger partial charge on any atom is -0.298 e. The molecule has 1 fully saturated rings. The first-order valence-electron chi connectivity index (χ1n) is 6.66. The zero-order valence-electron chi connectivity index (χ0n) is 12.7. The van der Waals surface area contributed by atoms with E-state index in [2.05, 4.69) is 19.7 Å². The molecule has 6 heteroatoms. The van der Waals surface area contributed by atoms with Gasteiger partial charge in [-0.15, -0.1) is 0 Å². The SMILES string of the molecule is C=CC(=O)N1C(C)N(C(=O)C=C)C(C)N(C(=O)C=C)C1C. The van der Waals surface area contributed by atoms with Crippen LogP contribution >= 0.6 is 0 Å². The first-order chi connectivity index (χ1) is 9.81. The molecule has 0 bridgehead atoms. The van der Waals surface area contributed by atoms with Gasteiger partial charge in [-0.25, -0.2) is 0 Å². The predicted molar refractivity (Wildman–Crippen MR) is 79.5 cm³/mol. The molecule has 21 heavy (non-hydrogen) atoms. The van der Waals surface area contributed by atoms with Crippen molar-refractivity contribution >= 4 is 17.7 Å². The molecule has 0 aliphatic carbocycles. The van der Waals surface area contributed by atoms with Gasteiger partial charge in [-0.3, -0.25) is 29.1 Å². The van der Waals surface area contributed by atoms with E-state index >= 15 is 0 Å². The molecule has 0 radical (unpaired) electrons. The van der Waals surface area contributed by atoms with Crippen molar-refractivity contribution < 1.29 is 14.4 Å². The summed E-state index contributed by atoms with van der Waals surface area (Å²) in [7, 11) is 0. The van der Waals surface area contributed by atoms with E-state index in [9.17, 15) is 14.4 Å². The highest BCUT2D eigenvalue weighted by Crippen LogP contribution is 2.27. The predicted octanol–water partition coefficient (Wildman–Crippen LogP) is 1.08. The Hall–Kier alpha value is -2.37. The van der Waals surface area contributed by atoms with Crippen LogP contribution in [0.4, 0.5) is 0 Å². The first-order valence-corrected chi connectivity index (χ1v) is 6.66. The fourth-order valence-electron chi connectivity index (χ4n) is 2.76. The average molecular weight is 291 g/mol. The van der Waals surface area contributed by atoms with E-state index in [0.29, 0.717) is 0 Å². The van der Waals surface area contributed by atoms with Crippen LogP contribution in [0, 0.1) is 0 Å². The van der Waals surface area contributed by atoms with Gasteiger partial charge in [0.25, 0.3) is 0 Å². The highest BCUT2D eigenvalue weighted by atomic mass is 16.2. The lowest BCUT2D eigenvalue weighted by molar-refractivity contribution is -0.183. The van der Waals surface area contributed by atoms with Crippen LogP contribution in [-0.4, -0.2) is 50.9 Å². The van der Waals surface area contributed by atoms with Crippen molar-refractivity contribution in [2.75, 3.05) is 0 Å². The molecular weight excluding hydrogens is 270 g/mol. The van der Waals surface area contributed by atoms with E-state index in [4.69, 9.17) is 0 Å². The number of hydrogen-bond donors (Lipinski definition) is 0. The Kier molecular flexibility index (Phi) is 5.07. The smallest absolute Gasteiger partial charge is 0.249 e. The Morgan fingerprint density at radius 3 is 1.00 bits per heavy atom. The summed E-state index contributed by atoms with van der Waals surface area (Å²) in [6, 6.07) is 0. The van der Waals surface area contributed by atoms with Crippen LogP contribution < -0.4 is 0 Å². The number of carbonyl (C=O) groups excluding carboxylic acids is 3. The summed E-state index contributed by atoms with van der Waals surface area (Å²) < 4.78 is 0. The lowest BCUT2D eigenvalue weighted by atomic mass is 10.1. The van der Waals surface area contributed by atoms with E-state index in [0.717, 1.165) is 18.2 Å². The van der Waals surface area contributed by atoms with Crippen molar-refractivity contribution in [1.29, 1.82) is 0 Å². The molecule has 1 saturated heterocycles. The second-order valence-corrected chi connectivity index (χ2v) is 4.74. The summed E-state index contributed by atoms with van der Waals surface area (Å²) in [5.41, 5.74) is 0. The molecule has 0 atom stereocenters. The van der Waals surface area contributed by atoms with Crippen LogP contribution in [0.15, 0.2) is 38.0 Å². The third-order valence-corrected chi connectivity index (χ3v) is 3.70. The number of nitrogens with zero attached hydrogens (tertiary/aromatic N) is 3. The maximum Gasteiger partial charge on any atom is 0.249 e. The van der Waals surface area contributed by atoms with Crippen LogP contribution in [0.25, 0.3) is 0 Å². The zero-order chi connectivity index (χ0) is 16.3. The Bertz CT molecular complexity index is 417. The third kappa shape index (κ3) is 2.74. The summed E-state index contributed by atoms with van der Waals surface area (Å²) in [6.45, 7) is 15.6. The van der Waals surface area contributed by atoms with Crippen molar-refractivity contribution in [1.82, 2.24) is 14.7 Å². The van der Waals surface area contributed by atoms with Crippen molar-refractivity contribution in [3.05, 3.63) is 38.0 Å². The van der Waals surface area contributed by atoms with Gasteiger partial charge in [-0.05, 0) is 39.0 Å². The highest BCUT2D eigenvalue weighted by Gasteiger charge is 2.44. The quantitative estimate of drug-likeness (QED) is 0.731. The monoisotopic (exact) mass is 291 g/mol. The topological polar surface area (TPSA) is 60.9 Å². The van der Waals surface area contributed by atoms with Crippen LogP contribution in [0.2, 0.25) is 0 Å². The summed E-state index contributed by atoms with van der Waals surface area (Å²) in [5.74, 6) is -1.07.